The van der Waals surface area contributed by atoms with Crippen LogP contribution in [0.25, 0.3) is 0 Å². The molecular formula is C32H24Cl2F4N2O. The zero-order valence-corrected chi connectivity index (χ0v) is 23.1. The Morgan fingerprint density at radius 2 is 1.29 bits per heavy atom. The zero-order valence-electron chi connectivity index (χ0n) is 21.6. The molecule has 2 heterocycles. The Morgan fingerprint density at radius 1 is 0.756 bits per heavy atom. The number of rotatable bonds is 6. The van der Waals surface area contributed by atoms with Gasteiger partial charge in [-0.05, 0) is 40.5 Å². The van der Waals surface area contributed by atoms with Gasteiger partial charge in [0, 0.05) is 35.1 Å². The molecule has 210 valence electrons. The summed E-state index contributed by atoms with van der Waals surface area (Å²) in [6.45, 7) is 0.356. The highest BCUT2D eigenvalue weighted by atomic mass is 35.5. The van der Waals surface area contributed by atoms with Gasteiger partial charge in [0.2, 0.25) is 0 Å². The summed E-state index contributed by atoms with van der Waals surface area (Å²) in [5.41, 5.74) is -1.44. The van der Waals surface area contributed by atoms with Crippen LogP contribution in [0.3, 0.4) is 0 Å². The van der Waals surface area contributed by atoms with E-state index in [-0.39, 0.29) is 40.5 Å². The second kappa shape index (κ2) is 10.5. The Kier molecular flexibility index (Phi) is 7.09. The molecule has 1 saturated heterocycles. The second-order valence-electron chi connectivity index (χ2n) is 10.5. The molecule has 0 spiro atoms. The average Bonchev–Trinajstić information content (AvgIpc) is 3.40. The SMILES string of the molecule is FC1(c2ccc(C3=NO[C@@](c4cc(Cl)cc(Cl)c4)(C(F)(F)F)C3)cc2)CN(C(c2ccccc2)c2ccccc2)C1. The molecule has 0 saturated carbocycles. The first kappa shape index (κ1) is 27.8. The van der Waals surface area contributed by atoms with Crippen LogP contribution in [-0.4, -0.2) is 29.9 Å². The molecule has 4 aromatic carbocycles. The van der Waals surface area contributed by atoms with Crippen molar-refractivity contribution in [2.75, 3.05) is 13.1 Å². The van der Waals surface area contributed by atoms with Gasteiger partial charge in [0.15, 0.2) is 5.67 Å². The molecule has 3 nitrogen and oxygen atoms in total. The molecule has 0 amide bonds. The van der Waals surface area contributed by atoms with Crippen LogP contribution >= 0.6 is 23.2 Å². The normalized spacial score (nSPS) is 20.4. The Morgan fingerprint density at radius 3 is 1.80 bits per heavy atom. The number of alkyl halides is 4. The van der Waals surface area contributed by atoms with Crippen LogP contribution in [0.2, 0.25) is 10.0 Å². The number of likely N-dealkylation sites (tertiary alicyclic amines) is 1. The van der Waals surface area contributed by atoms with Crippen molar-refractivity contribution in [2.24, 2.45) is 5.16 Å². The highest BCUT2D eigenvalue weighted by molar-refractivity contribution is 6.34. The summed E-state index contributed by atoms with van der Waals surface area (Å²) < 4.78 is 59.1. The molecule has 2 aliphatic heterocycles. The maximum Gasteiger partial charge on any atom is 0.435 e. The summed E-state index contributed by atoms with van der Waals surface area (Å²) in [5.74, 6) is 0. The van der Waals surface area contributed by atoms with Gasteiger partial charge in [-0.25, -0.2) is 4.39 Å². The van der Waals surface area contributed by atoms with Crippen LogP contribution in [0.4, 0.5) is 17.6 Å². The molecule has 1 atom stereocenters. The number of hydrogen-bond acceptors (Lipinski definition) is 3. The van der Waals surface area contributed by atoms with E-state index in [0.29, 0.717) is 11.1 Å². The fourth-order valence-electron chi connectivity index (χ4n) is 5.65. The van der Waals surface area contributed by atoms with Crippen LogP contribution in [0, 0.1) is 0 Å². The van der Waals surface area contributed by atoms with Gasteiger partial charge < -0.3 is 4.84 Å². The van der Waals surface area contributed by atoms with E-state index in [1.165, 1.54) is 18.2 Å². The predicted octanol–water partition coefficient (Wildman–Crippen LogP) is 8.85. The van der Waals surface area contributed by atoms with Gasteiger partial charge in [-0.1, -0.05) is 113 Å². The van der Waals surface area contributed by atoms with E-state index in [9.17, 15) is 13.2 Å². The van der Waals surface area contributed by atoms with Gasteiger partial charge in [0.05, 0.1) is 11.8 Å². The van der Waals surface area contributed by atoms with E-state index < -0.39 is 23.9 Å². The van der Waals surface area contributed by atoms with Gasteiger partial charge >= 0.3 is 6.18 Å². The van der Waals surface area contributed by atoms with E-state index >= 15 is 4.39 Å². The second-order valence-corrected chi connectivity index (χ2v) is 11.3. The molecule has 6 rings (SSSR count). The van der Waals surface area contributed by atoms with Crippen molar-refractivity contribution in [3.8, 4) is 0 Å². The molecule has 0 aliphatic carbocycles. The van der Waals surface area contributed by atoms with E-state index in [0.717, 1.165) is 11.1 Å². The topological polar surface area (TPSA) is 24.8 Å². The molecular weight excluding hydrogens is 575 g/mol. The highest BCUT2D eigenvalue weighted by Crippen LogP contribution is 2.50. The van der Waals surface area contributed by atoms with Crippen molar-refractivity contribution in [1.82, 2.24) is 4.90 Å². The fraction of sp³-hybridized carbons (Fsp3) is 0.219. The van der Waals surface area contributed by atoms with Gasteiger partial charge in [-0.2, -0.15) is 13.2 Å². The van der Waals surface area contributed by atoms with Crippen molar-refractivity contribution in [3.63, 3.8) is 0 Å². The van der Waals surface area contributed by atoms with Gasteiger partial charge in [0.1, 0.15) is 0 Å². The van der Waals surface area contributed by atoms with Gasteiger partial charge in [-0.3, -0.25) is 4.90 Å². The third kappa shape index (κ3) is 5.11. The largest absolute Gasteiger partial charge is 0.435 e. The predicted molar refractivity (Wildman–Crippen MR) is 152 cm³/mol. The quantitative estimate of drug-likeness (QED) is 0.207. The first-order chi connectivity index (χ1) is 19.6. The van der Waals surface area contributed by atoms with Crippen LogP contribution in [-0.2, 0) is 16.1 Å². The van der Waals surface area contributed by atoms with Crippen molar-refractivity contribution in [3.05, 3.63) is 141 Å². The number of nitrogens with zero attached hydrogens (tertiary/aromatic N) is 2. The molecule has 0 bridgehead atoms. The first-order valence-corrected chi connectivity index (χ1v) is 13.8. The Hall–Kier alpha value is -3.39. The molecule has 1 fully saturated rings. The first-order valence-electron chi connectivity index (χ1n) is 13.0. The lowest BCUT2D eigenvalue weighted by Crippen LogP contribution is -2.57. The molecule has 0 N–H and O–H groups in total. The molecule has 9 heteroatoms. The van der Waals surface area contributed by atoms with Crippen molar-refractivity contribution in [1.29, 1.82) is 0 Å². The minimum Gasteiger partial charge on any atom is -0.374 e. The maximum atomic E-state index is 16.1. The maximum absolute atomic E-state index is 16.1. The summed E-state index contributed by atoms with van der Waals surface area (Å²) >= 11 is 12.0. The van der Waals surface area contributed by atoms with Crippen LogP contribution in [0.1, 0.15) is 40.3 Å². The molecule has 0 radical (unpaired) electrons. The molecule has 4 aromatic rings. The molecule has 0 aromatic heterocycles. The van der Waals surface area contributed by atoms with Crippen molar-refractivity contribution in [2.45, 2.75) is 29.9 Å². The van der Waals surface area contributed by atoms with Gasteiger partial charge in [0.25, 0.3) is 5.60 Å². The lowest BCUT2D eigenvalue weighted by Gasteiger charge is -2.49. The van der Waals surface area contributed by atoms with Gasteiger partial charge in [-0.15, -0.1) is 0 Å². The zero-order chi connectivity index (χ0) is 28.8. The summed E-state index contributed by atoms with van der Waals surface area (Å²) in [4.78, 5) is 7.17. The van der Waals surface area contributed by atoms with E-state index in [2.05, 4.69) is 10.1 Å². The minimum absolute atomic E-state index is 0.0575. The monoisotopic (exact) mass is 598 g/mol. The van der Waals surface area contributed by atoms with Crippen LogP contribution < -0.4 is 0 Å². The van der Waals surface area contributed by atoms with Crippen LogP contribution in [0.15, 0.2) is 108 Å². The number of oxime groups is 1. The van der Waals surface area contributed by atoms with Crippen molar-refractivity contribution >= 4 is 28.9 Å². The van der Waals surface area contributed by atoms with E-state index in [1.54, 1.807) is 24.3 Å². The molecule has 0 unspecified atom stereocenters. The molecule has 2 aliphatic rings. The summed E-state index contributed by atoms with van der Waals surface area (Å²) in [6.07, 6.45) is -5.37. The smallest absolute Gasteiger partial charge is 0.374 e. The lowest BCUT2D eigenvalue weighted by atomic mass is 9.83. The number of hydrogen-bond donors (Lipinski definition) is 0. The Bertz CT molecular complexity index is 1510. The van der Waals surface area contributed by atoms with Crippen molar-refractivity contribution < 1.29 is 22.4 Å². The third-order valence-electron chi connectivity index (χ3n) is 7.75. The summed E-state index contributed by atoms with van der Waals surface area (Å²) in [7, 11) is 0. The molecule has 41 heavy (non-hydrogen) atoms. The summed E-state index contributed by atoms with van der Waals surface area (Å²) in [6, 6.07) is 29.9. The Balaban J connectivity index is 1.21. The van der Waals surface area contributed by atoms with E-state index in [1.807, 2.05) is 60.7 Å². The lowest BCUT2D eigenvalue weighted by molar-refractivity contribution is -0.275. The van der Waals surface area contributed by atoms with E-state index in [4.69, 9.17) is 28.0 Å². The summed E-state index contributed by atoms with van der Waals surface area (Å²) in [5, 5.41) is 3.91. The number of benzene rings is 4. The Labute approximate surface area is 245 Å². The average molecular weight is 599 g/mol. The number of halogens is 6. The highest BCUT2D eigenvalue weighted by Gasteiger charge is 2.62. The minimum atomic E-state index is -4.79. The standard InChI is InChI=1S/C32H24Cl2F4N2O/c33-26-15-25(16-27(34)17-26)31(32(36,37)38)18-28(39-41-31)21-11-13-24(14-12-21)30(35)19-40(20-30)29(22-7-3-1-4-8-22)23-9-5-2-6-10-23/h1-17,29H,18-20H2/t31-/m0/s1. The third-order valence-corrected chi connectivity index (χ3v) is 8.19. The van der Waals surface area contributed by atoms with Crippen LogP contribution in [0.5, 0.6) is 0 Å². The fourth-order valence-corrected chi connectivity index (χ4v) is 6.18.